The number of aromatic nitrogens is 1. The van der Waals surface area contributed by atoms with Crippen LogP contribution in [0, 0.1) is 26.2 Å². The second-order valence-electron chi connectivity index (χ2n) is 5.50. The number of benzene rings is 2. The first-order chi connectivity index (χ1) is 11.5. The second-order valence-corrected chi connectivity index (χ2v) is 6.95. The van der Waals surface area contributed by atoms with Gasteiger partial charge in [0.05, 0.1) is 16.8 Å². The fraction of sp³-hybridized carbons (Fsp3) is 0.158. The number of carbonyl (C=O) groups is 1. The molecule has 0 fully saturated rings. The molecule has 0 unspecified atom stereocenters. The number of halogens is 1. The van der Waals surface area contributed by atoms with Gasteiger partial charge in [0.25, 0.3) is 5.91 Å². The Bertz CT molecular complexity index is 1050. The molecule has 1 amide bonds. The van der Waals surface area contributed by atoms with Crippen LogP contribution in [0.1, 0.15) is 21.5 Å². The summed E-state index contributed by atoms with van der Waals surface area (Å²) in [5, 5.41) is 0.642. The zero-order chi connectivity index (χ0) is 17.3. The topological polar surface area (TPSA) is 34.4 Å². The molecule has 5 heteroatoms. The number of hydrogen-bond donors (Lipinski definition) is 0. The van der Waals surface area contributed by atoms with Gasteiger partial charge in [0.1, 0.15) is 0 Å². The van der Waals surface area contributed by atoms with E-state index < -0.39 is 0 Å². The van der Waals surface area contributed by atoms with Gasteiger partial charge in [0, 0.05) is 10.6 Å². The number of hydrogen-bond acceptors (Lipinski definition) is 2. The maximum atomic E-state index is 12.5. The van der Waals surface area contributed by atoms with E-state index in [1.165, 1.54) is 11.3 Å². The molecule has 0 aliphatic carbocycles. The molecule has 120 valence electrons. The monoisotopic (exact) mass is 354 g/mol. The minimum absolute atomic E-state index is 0.276. The van der Waals surface area contributed by atoms with Crippen LogP contribution in [0.15, 0.2) is 41.4 Å². The molecule has 2 aromatic carbocycles. The zero-order valence-electron chi connectivity index (χ0n) is 13.3. The largest absolute Gasteiger partial charge is 0.305 e. The second kappa shape index (κ2) is 6.64. The summed E-state index contributed by atoms with van der Waals surface area (Å²) < 4.78 is 2.80. The third-order valence-electron chi connectivity index (χ3n) is 3.85. The highest BCUT2D eigenvalue weighted by atomic mass is 35.5. The van der Waals surface area contributed by atoms with Gasteiger partial charge in [-0.05, 0) is 55.3 Å². The van der Waals surface area contributed by atoms with Crippen LogP contribution in [-0.4, -0.2) is 10.5 Å². The van der Waals surface area contributed by atoms with Gasteiger partial charge in [0.2, 0.25) is 0 Å². The molecule has 3 nitrogen and oxygen atoms in total. The predicted octanol–water partition coefficient (Wildman–Crippen LogP) is 4.35. The lowest BCUT2D eigenvalue weighted by molar-refractivity contribution is 0.0998. The number of thiazole rings is 1. The number of amides is 1. The van der Waals surface area contributed by atoms with Crippen molar-refractivity contribution in [3.05, 3.63) is 62.9 Å². The standard InChI is InChI=1S/C19H15ClN2OS/c1-4-9-22-16-8-7-15(20)11-17(16)24-19(22)21-18(23)14-6-5-12(2)13(3)10-14/h1,5-8,10-11H,9H2,2-3H3. The zero-order valence-corrected chi connectivity index (χ0v) is 14.9. The van der Waals surface area contributed by atoms with E-state index in [2.05, 4.69) is 10.9 Å². The van der Waals surface area contributed by atoms with Gasteiger partial charge in [-0.2, -0.15) is 4.99 Å². The number of carbonyl (C=O) groups excluding carboxylic acids is 1. The van der Waals surface area contributed by atoms with Crippen molar-refractivity contribution in [3.8, 4) is 12.3 Å². The van der Waals surface area contributed by atoms with Crippen molar-refractivity contribution in [2.45, 2.75) is 20.4 Å². The minimum atomic E-state index is -0.276. The van der Waals surface area contributed by atoms with Crippen LogP contribution in [0.25, 0.3) is 10.2 Å². The number of terminal acetylenes is 1. The first kappa shape index (κ1) is 16.5. The van der Waals surface area contributed by atoms with Crippen LogP contribution in [0.4, 0.5) is 0 Å². The minimum Gasteiger partial charge on any atom is -0.305 e. The molecular weight excluding hydrogens is 340 g/mol. The highest BCUT2D eigenvalue weighted by Gasteiger charge is 2.10. The van der Waals surface area contributed by atoms with Gasteiger partial charge < -0.3 is 4.57 Å². The summed E-state index contributed by atoms with van der Waals surface area (Å²) in [6.45, 7) is 4.34. The average molecular weight is 355 g/mol. The Morgan fingerprint density at radius 3 is 2.75 bits per heavy atom. The summed E-state index contributed by atoms with van der Waals surface area (Å²) in [6, 6.07) is 11.1. The fourth-order valence-corrected chi connectivity index (χ4v) is 3.71. The van der Waals surface area contributed by atoms with Crippen molar-refractivity contribution < 1.29 is 4.79 Å². The third kappa shape index (κ3) is 3.14. The van der Waals surface area contributed by atoms with E-state index in [1.807, 2.05) is 42.7 Å². The number of nitrogens with zero attached hydrogens (tertiary/aromatic N) is 2. The lowest BCUT2D eigenvalue weighted by atomic mass is 10.1. The maximum absolute atomic E-state index is 12.5. The van der Waals surface area contributed by atoms with Crippen molar-refractivity contribution >= 4 is 39.1 Å². The highest BCUT2D eigenvalue weighted by Crippen LogP contribution is 2.22. The van der Waals surface area contributed by atoms with Crippen molar-refractivity contribution in [2.75, 3.05) is 0 Å². The predicted molar refractivity (Wildman–Crippen MR) is 99.5 cm³/mol. The highest BCUT2D eigenvalue weighted by molar-refractivity contribution is 7.16. The fourth-order valence-electron chi connectivity index (χ4n) is 2.40. The quantitative estimate of drug-likeness (QED) is 0.630. The van der Waals surface area contributed by atoms with E-state index in [0.29, 0.717) is 21.9 Å². The van der Waals surface area contributed by atoms with E-state index in [9.17, 15) is 4.79 Å². The van der Waals surface area contributed by atoms with Crippen molar-refractivity contribution in [2.24, 2.45) is 4.99 Å². The average Bonchev–Trinajstić information content (AvgIpc) is 2.87. The van der Waals surface area contributed by atoms with Crippen LogP contribution in [0.2, 0.25) is 5.02 Å². The molecule has 24 heavy (non-hydrogen) atoms. The van der Waals surface area contributed by atoms with E-state index in [4.69, 9.17) is 18.0 Å². The molecule has 0 bridgehead atoms. The van der Waals surface area contributed by atoms with Crippen molar-refractivity contribution in [3.63, 3.8) is 0 Å². The number of aryl methyl sites for hydroxylation is 2. The molecule has 0 saturated heterocycles. The van der Waals surface area contributed by atoms with E-state index in [-0.39, 0.29) is 5.91 Å². The molecule has 0 saturated carbocycles. The lowest BCUT2D eigenvalue weighted by Crippen LogP contribution is -2.16. The molecule has 1 heterocycles. The number of rotatable bonds is 2. The normalized spacial score (nSPS) is 11.7. The molecule has 0 radical (unpaired) electrons. The Labute approximate surface area is 149 Å². The van der Waals surface area contributed by atoms with Crippen LogP contribution >= 0.6 is 22.9 Å². The molecule has 0 spiro atoms. The Kier molecular flexibility index (Phi) is 4.57. The summed E-state index contributed by atoms with van der Waals surface area (Å²) in [5.74, 6) is 2.34. The van der Waals surface area contributed by atoms with Gasteiger partial charge in [-0.15, -0.1) is 6.42 Å². The molecule has 3 rings (SSSR count). The summed E-state index contributed by atoms with van der Waals surface area (Å²) in [4.78, 5) is 17.4. The first-order valence-corrected chi connectivity index (χ1v) is 8.57. The van der Waals surface area contributed by atoms with E-state index >= 15 is 0 Å². The summed E-state index contributed by atoms with van der Waals surface area (Å²) >= 11 is 7.45. The van der Waals surface area contributed by atoms with Crippen LogP contribution < -0.4 is 4.80 Å². The molecule has 3 aromatic rings. The maximum Gasteiger partial charge on any atom is 0.279 e. The van der Waals surface area contributed by atoms with Gasteiger partial charge in [-0.1, -0.05) is 34.9 Å². The first-order valence-electron chi connectivity index (χ1n) is 7.38. The molecule has 0 aliphatic rings. The lowest BCUT2D eigenvalue weighted by Gasteiger charge is -2.02. The van der Waals surface area contributed by atoms with Crippen LogP contribution in [0.5, 0.6) is 0 Å². The summed E-state index contributed by atoms with van der Waals surface area (Å²) in [7, 11) is 0. The van der Waals surface area contributed by atoms with Crippen molar-refractivity contribution in [1.29, 1.82) is 0 Å². The third-order valence-corrected chi connectivity index (χ3v) is 5.12. The van der Waals surface area contributed by atoms with Crippen molar-refractivity contribution in [1.82, 2.24) is 4.57 Å². The van der Waals surface area contributed by atoms with E-state index in [1.54, 1.807) is 12.1 Å². The SMILES string of the molecule is C#CCn1c(=NC(=O)c2ccc(C)c(C)c2)sc2cc(Cl)ccc21. The molecule has 0 atom stereocenters. The Morgan fingerprint density at radius 1 is 1.25 bits per heavy atom. The Balaban J connectivity index is 2.15. The molecule has 1 aromatic heterocycles. The van der Waals surface area contributed by atoms with Crippen LogP contribution in [-0.2, 0) is 6.54 Å². The van der Waals surface area contributed by atoms with Crippen LogP contribution in [0.3, 0.4) is 0 Å². The van der Waals surface area contributed by atoms with Gasteiger partial charge in [-0.3, -0.25) is 4.79 Å². The van der Waals surface area contributed by atoms with Gasteiger partial charge in [-0.25, -0.2) is 0 Å². The summed E-state index contributed by atoms with van der Waals surface area (Å²) in [5.41, 5.74) is 3.70. The molecular formula is C19H15ClN2OS. The Morgan fingerprint density at radius 2 is 2.04 bits per heavy atom. The summed E-state index contributed by atoms with van der Waals surface area (Å²) in [6.07, 6.45) is 5.47. The van der Waals surface area contributed by atoms with Gasteiger partial charge in [0.15, 0.2) is 4.80 Å². The van der Waals surface area contributed by atoms with E-state index in [0.717, 1.165) is 21.3 Å². The van der Waals surface area contributed by atoms with Gasteiger partial charge >= 0.3 is 0 Å². The smallest absolute Gasteiger partial charge is 0.279 e. The molecule has 0 N–H and O–H groups in total. The molecule has 0 aliphatic heterocycles. The number of fused-ring (bicyclic) bond motifs is 1. The Hall–Kier alpha value is -2.35.